The van der Waals surface area contributed by atoms with Gasteiger partial charge >= 0.3 is 0 Å². The van der Waals surface area contributed by atoms with Crippen LogP contribution in [0.1, 0.15) is 41.9 Å². The molecule has 0 radical (unpaired) electrons. The molecule has 4 heteroatoms. The first-order chi connectivity index (χ1) is 9.02. The molecule has 1 aromatic carbocycles. The molecule has 0 saturated carbocycles. The van der Waals surface area contributed by atoms with Crippen molar-refractivity contribution in [2.45, 2.75) is 39.8 Å². The minimum atomic E-state index is -0.217. The third-order valence-corrected chi connectivity index (χ3v) is 3.49. The van der Waals surface area contributed by atoms with Crippen LogP contribution in [0.4, 0.5) is 4.39 Å². The molecule has 0 aliphatic rings. The van der Waals surface area contributed by atoms with Crippen molar-refractivity contribution in [1.29, 1.82) is 0 Å². The third-order valence-electron chi connectivity index (χ3n) is 3.49. The average molecular weight is 261 g/mol. The predicted octanol–water partition coefficient (Wildman–Crippen LogP) is 3.10. The fourth-order valence-electron chi connectivity index (χ4n) is 2.37. The largest absolute Gasteiger partial charge is 0.324 e. The molecule has 1 atom stereocenters. The van der Waals surface area contributed by atoms with Gasteiger partial charge in [0, 0.05) is 17.3 Å². The van der Waals surface area contributed by atoms with Crippen molar-refractivity contribution >= 4 is 0 Å². The molecular formula is C15H20FN3. The van der Waals surface area contributed by atoms with Gasteiger partial charge in [0.05, 0.1) is 12.2 Å². The maximum Gasteiger partial charge on any atom is 0.123 e. The van der Waals surface area contributed by atoms with E-state index >= 15 is 0 Å². The van der Waals surface area contributed by atoms with Crippen molar-refractivity contribution in [3.8, 4) is 0 Å². The Hall–Kier alpha value is -1.68. The van der Waals surface area contributed by atoms with E-state index in [-0.39, 0.29) is 11.9 Å². The number of halogens is 1. The fraction of sp³-hybridized carbons (Fsp3) is 0.400. The number of nitrogens with zero attached hydrogens (tertiary/aromatic N) is 2. The lowest BCUT2D eigenvalue weighted by atomic mass is 10.0. The summed E-state index contributed by atoms with van der Waals surface area (Å²) < 4.78 is 14.8. The Bertz CT molecular complexity index is 558. The van der Waals surface area contributed by atoms with E-state index in [4.69, 9.17) is 5.73 Å². The van der Waals surface area contributed by atoms with E-state index < -0.39 is 0 Å². The molecule has 2 aromatic rings. The normalized spacial score (nSPS) is 12.7. The molecule has 0 bridgehead atoms. The molecule has 1 heterocycles. The Morgan fingerprint density at radius 2 is 1.89 bits per heavy atom. The van der Waals surface area contributed by atoms with Gasteiger partial charge in [-0.3, -0.25) is 4.68 Å². The molecule has 0 aliphatic carbocycles. The summed E-state index contributed by atoms with van der Waals surface area (Å²) in [6, 6.07) is 6.54. The maximum absolute atomic E-state index is 12.9. The van der Waals surface area contributed by atoms with Crippen LogP contribution in [0.25, 0.3) is 0 Å². The number of aromatic nitrogens is 2. The fourth-order valence-corrected chi connectivity index (χ4v) is 2.37. The summed E-state index contributed by atoms with van der Waals surface area (Å²) in [5.74, 6) is -0.217. The lowest BCUT2D eigenvalue weighted by Gasteiger charge is -2.10. The monoisotopic (exact) mass is 261 g/mol. The zero-order valence-corrected chi connectivity index (χ0v) is 11.7. The first kappa shape index (κ1) is 13.7. The summed E-state index contributed by atoms with van der Waals surface area (Å²) >= 11 is 0. The van der Waals surface area contributed by atoms with Gasteiger partial charge in [-0.25, -0.2) is 4.39 Å². The Morgan fingerprint density at radius 3 is 2.47 bits per heavy atom. The van der Waals surface area contributed by atoms with E-state index in [0.29, 0.717) is 6.54 Å². The second-order valence-electron chi connectivity index (χ2n) is 4.88. The lowest BCUT2D eigenvalue weighted by molar-refractivity contribution is 0.622. The van der Waals surface area contributed by atoms with Crippen molar-refractivity contribution in [1.82, 2.24) is 9.78 Å². The second kappa shape index (κ2) is 5.53. The smallest absolute Gasteiger partial charge is 0.123 e. The maximum atomic E-state index is 12.9. The van der Waals surface area contributed by atoms with Crippen LogP contribution >= 0.6 is 0 Å². The van der Waals surface area contributed by atoms with Crippen LogP contribution in [-0.4, -0.2) is 9.78 Å². The Balaban J connectivity index is 2.29. The van der Waals surface area contributed by atoms with E-state index in [1.807, 2.05) is 18.5 Å². The Kier molecular flexibility index (Phi) is 4.00. The zero-order valence-electron chi connectivity index (χ0n) is 11.7. The standard InChI is InChI=1S/C15H20FN3/c1-4-14(17)15-10(2)18-19(11(15)3)9-12-5-7-13(16)8-6-12/h5-8,14H,4,9,17H2,1-3H3. The summed E-state index contributed by atoms with van der Waals surface area (Å²) in [5.41, 5.74) is 10.4. The number of rotatable bonds is 4. The summed E-state index contributed by atoms with van der Waals surface area (Å²) in [6.45, 7) is 6.73. The van der Waals surface area contributed by atoms with E-state index in [1.54, 1.807) is 12.1 Å². The number of hydrogen-bond donors (Lipinski definition) is 1. The molecule has 1 aromatic heterocycles. The number of nitrogens with two attached hydrogens (primary N) is 1. The Morgan fingerprint density at radius 1 is 1.26 bits per heavy atom. The number of hydrogen-bond acceptors (Lipinski definition) is 2. The van der Waals surface area contributed by atoms with Gasteiger partial charge < -0.3 is 5.73 Å². The van der Waals surface area contributed by atoms with Gasteiger partial charge in [-0.05, 0) is 38.0 Å². The molecule has 19 heavy (non-hydrogen) atoms. The van der Waals surface area contributed by atoms with Gasteiger partial charge in [0.2, 0.25) is 0 Å². The molecule has 0 amide bonds. The van der Waals surface area contributed by atoms with Gasteiger partial charge in [-0.1, -0.05) is 19.1 Å². The van der Waals surface area contributed by atoms with Crippen molar-refractivity contribution in [2.24, 2.45) is 5.73 Å². The minimum Gasteiger partial charge on any atom is -0.324 e. The summed E-state index contributed by atoms with van der Waals surface area (Å²) in [7, 11) is 0. The lowest BCUT2D eigenvalue weighted by Crippen LogP contribution is -2.11. The van der Waals surface area contributed by atoms with Crippen molar-refractivity contribution in [3.05, 3.63) is 52.6 Å². The first-order valence-corrected chi connectivity index (χ1v) is 6.56. The van der Waals surface area contributed by atoms with E-state index in [2.05, 4.69) is 12.0 Å². The highest BCUT2D eigenvalue weighted by molar-refractivity contribution is 5.29. The Labute approximate surface area is 113 Å². The second-order valence-corrected chi connectivity index (χ2v) is 4.88. The molecule has 2 N–H and O–H groups in total. The minimum absolute atomic E-state index is 0.0296. The summed E-state index contributed by atoms with van der Waals surface area (Å²) in [6.07, 6.45) is 0.893. The van der Waals surface area contributed by atoms with Crippen LogP contribution < -0.4 is 5.73 Å². The molecule has 0 spiro atoms. The molecular weight excluding hydrogens is 241 g/mol. The average Bonchev–Trinajstić information content (AvgIpc) is 2.66. The van der Waals surface area contributed by atoms with Crippen molar-refractivity contribution in [2.75, 3.05) is 0 Å². The third kappa shape index (κ3) is 2.84. The van der Waals surface area contributed by atoms with Crippen LogP contribution in [0, 0.1) is 19.7 Å². The molecule has 0 fully saturated rings. The predicted molar refractivity (Wildman–Crippen MR) is 74.4 cm³/mol. The molecule has 0 aliphatic heterocycles. The van der Waals surface area contributed by atoms with Gasteiger partial charge in [0.1, 0.15) is 5.82 Å². The highest BCUT2D eigenvalue weighted by Gasteiger charge is 2.16. The van der Waals surface area contributed by atoms with Crippen molar-refractivity contribution in [3.63, 3.8) is 0 Å². The highest BCUT2D eigenvalue weighted by atomic mass is 19.1. The number of benzene rings is 1. The van der Waals surface area contributed by atoms with Crippen LogP contribution in [0.15, 0.2) is 24.3 Å². The molecule has 102 valence electrons. The summed E-state index contributed by atoms with van der Waals surface area (Å²) in [4.78, 5) is 0. The first-order valence-electron chi connectivity index (χ1n) is 6.56. The quantitative estimate of drug-likeness (QED) is 0.919. The zero-order chi connectivity index (χ0) is 14.0. The van der Waals surface area contributed by atoms with Crippen LogP contribution in [0.2, 0.25) is 0 Å². The molecule has 3 nitrogen and oxygen atoms in total. The van der Waals surface area contributed by atoms with Crippen LogP contribution in [-0.2, 0) is 6.54 Å². The van der Waals surface area contributed by atoms with Crippen LogP contribution in [0.5, 0.6) is 0 Å². The topological polar surface area (TPSA) is 43.8 Å². The summed E-state index contributed by atoms with van der Waals surface area (Å²) in [5, 5.41) is 4.54. The van der Waals surface area contributed by atoms with Crippen LogP contribution in [0.3, 0.4) is 0 Å². The molecule has 0 saturated heterocycles. The van der Waals surface area contributed by atoms with Crippen molar-refractivity contribution < 1.29 is 4.39 Å². The van der Waals surface area contributed by atoms with E-state index in [0.717, 1.165) is 28.9 Å². The van der Waals surface area contributed by atoms with E-state index in [1.165, 1.54) is 12.1 Å². The van der Waals surface area contributed by atoms with Gasteiger partial charge in [-0.15, -0.1) is 0 Å². The molecule has 1 unspecified atom stereocenters. The van der Waals surface area contributed by atoms with Gasteiger partial charge in [0.25, 0.3) is 0 Å². The molecule has 2 rings (SSSR count). The van der Waals surface area contributed by atoms with Gasteiger partial charge in [0.15, 0.2) is 0 Å². The SMILES string of the molecule is CCC(N)c1c(C)nn(Cc2ccc(F)cc2)c1C. The van der Waals surface area contributed by atoms with E-state index in [9.17, 15) is 4.39 Å². The highest BCUT2D eigenvalue weighted by Crippen LogP contribution is 2.22. The van der Waals surface area contributed by atoms with Gasteiger partial charge in [-0.2, -0.15) is 5.10 Å². The number of aryl methyl sites for hydroxylation is 1.